The summed E-state index contributed by atoms with van der Waals surface area (Å²) in [5.41, 5.74) is 8.47. The zero-order valence-electron chi connectivity index (χ0n) is 27.8. The number of benzene rings is 2. The van der Waals surface area contributed by atoms with Gasteiger partial charge in [0.1, 0.15) is 6.10 Å². The third-order valence-corrected chi connectivity index (χ3v) is 10.1. The number of esters is 1. The predicted octanol–water partition coefficient (Wildman–Crippen LogP) is 8.25. The highest BCUT2D eigenvalue weighted by Crippen LogP contribution is 2.46. The van der Waals surface area contributed by atoms with Crippen LogP contribution in [0.5, 0.6) is 5.75 Å². The van der Waals surface area contributed by atoms with Gasteiger partial charge in [0, 0.05) is 17.7 Å². The molecule has 0 aromatic heterocycles. The molecular formula is C37H52FNO4. The first-order valence-electron chi connectivity index (χ1n) is 16.5. The van der Waals surface area contributed by atoms with Crippen LogP contribution in [0.15, 0.2) is 6.07 Å². The second kappa shape index (κ2) is 12.5. The highest BCUT2D eigenvalue weighted by atomic mass is 19.1. The van der Waals surface area contributed by atoms with Crippen LogP contribution in [0.3, 0.4) is 0 Å². The number of carbonyl (C=O) groups excluding carboxylic acids is 1. The van der Waals surface area contributed by atoms with Crippen molar-refractivity contribution in [3.63, 3.8) is 0 Å². The van der Waals surface area contributed by atoms with E-state index < -0.39 is 11.7 Å². The minimum absolute atomic E-state index is 0.144. The van der Waals surface area contributed by atoms with Crippen molar-refractivity contribution in [2.45, 2.75) is 125 Å². The van der Waals surface area contributed by atoms with E-state index in [4.69, 9.17) is 14.2 Å². The Kier molecular flexibility index (Phi) is 9.30. The van der Waals surface area contributed by atoms with Gasteiger partial charge in [0.15, 0.2) is 17.7 Å². The van der Waals surface area contributed by atoms with E-state index in [-0.39, 0.29) is 17.9 Å². The number of ether oxygens (including phenoxy) is 3. The molecule has 236 valence electrons. The summed E-state index contributed by atoms with van der Waals surface area (Å²) < 4.78 is 34.7. The molecule has 2 aliphatic heterocycles. The van der Waals surface area contributed by atoms with Gasteiger partial charge in [0.05, 0.1) is 12.2 Å². The zero-order valence-corrected chi connectivity index (χ0v) is 27.8. The molecule has 1 aliphatic carbocycles. The van der Waals surface area contributed by atoms with Gasteiger partial charge >= 0.3 is 5.97 Å². The van der Waals surface area contributed by atoms with Crippen molar-refractivity contribution in [1.29, 1.82) is 0 Å². The average Bonchev–Trinajstić information content (AvgIpc) is 2.95. The Morgan fingerprint density at radius 1 is 1.05 bits per heavy atom. The van der Waals surface area contributed by atoms with E-state index in [0.717, 1.165) is 90.6 Å². The molecule has 0 saturated heterocycles. The fraction of sp³-hybridized carbons (Fsp3) is 0.649. The van der Waals surface area contributed by atoms with E-state index in [1.807, 2.05) is 20.8 Å². The van der Waals surface area contributed by atoms with Crippen molar-refractivity contribution in [3.05, 3.63) is 50.8 Å². The SMILES string of the molecule is Cc1c(-c2c(C)c3c(c(C)c2[C@H](OC(C)(C)C)C(=O)OC2CC(C)CCC2C(C)C)CCNC3)cc(F)c2c1CCCO2. The van der Waals surface area contributed by atoms with Crippen LogP contribution in [0, 0.1) is 44.3 Å². The van der Waals surface area contributed by atoms with Crippen molar-refractivity contribution < 1.29 is 23.4 Å². The summed E-state index contributed by atoms with van der Waals surface area (Å²) >= 11 is 0. The van der Waals surface area contributed by atoms with Gasteiger partial charge in [0.2, 0.25) is 0 Å². The van der Waals surface area contributed by atoms with Crippen molar-refractivity contribution >= 4 is 5.97 Å². The van der Waals surface area contributed by atoms with Gasteiger partial charge in [-0.25, -0.2) is 9.18 Å². The molecule has 2 aromatic carbocycles. The first-order chi connectivity index (χ1) is 20.3. The van der Waals surface area contributed by atoms with E-state index in [9.17, 15) is 4.79 Å². The molecule has 6 heteroatoms. The van der Waals surface area contributed by atoms with Gasteiger partial charge in [-0.2, -0.15) is 0 Å². The standard InChI is InChI=1S/C37H52FNO4/c1-20(2)25-13-12-21(3)17-31(25)42-36(40)35(43-37(7,8)9)33-23(5)26-14-15-39-19-29(26)24(6)32(33)28-18-30(38)34-27(22(28)4)11-10-16-41-34/h18,20-21,25,31,35,39H,10-17,19H2,1-9H3/t21?,25?,31?,35-/m0/s1. The maximum atomic E-state index is 15.7. The van der Waals surface area contributed by atoms with Gasteiger partial charge in [-0.3, -0.25) is 0 Å². The molecule has 2 heterocycles. The summed E-state index contributed by atoms with van der Waals surface area (Å²) in [5.74, 6) is 0.943. The zero-order chi connectivity index (χ0) is 31.2. The number of fused-ring (bicyclic) bond motifs is 2. The molecule has 2 aromatic rings. The number of halogens is 1. The lowest BCUT2D eigenvalue weighted by atomic mass is 9.75. The lowest BCUT2D eigenvalue weighted by Gasteiger charge is -2.38. The topological polar surface area (TPSA) is 56.8 Å². The molecule has 1 saturated carbocycles. The number of hydrogen-bond acceptors (Lipinski definition) is 5. The minimum atomic E-state index is -0.936. The Morgan fingerprint density at radius 3 is 2.49 bits per heavy atom. The van der Waals surface area contributed by atoms with Gasteiger partial charge in [-0.05, 0) is 143 Å². The van der Waals surface area contributed by atoms with Crippen LogP contribution in [0.2, 0.25) is 0 Å². The largest absolute Gasteiger partial charge is 0.490 e. The average molecular weight is 594 g/mol. The summed E-state index contributed by atoms with van der Waals surface area (Å²) in [6, 6.07) is 1.62. The third-order valence-electron chi connectivity index (χ3n) is 10.1. The summed E-state index contributed by atoms with van der Waals surface area (Å²) in [6.07, 6.45) is 4.50. The second-order valence-electron chi connectivity index (χ2n) is 14.6. The third kappa shape index (κ3) is 6.38. The van der Waals surface area contributed by atoms with E-state index in [2.05, 4.69) is 46.9 Å². The summed E-state index contributed by atoms with van der Waals surface area (Å²) in [7, 11) is 0. The normalized spacial score (nSPS) is 22.9. The van der Waals surface area contributed by atoms with Crippen molar-refractivity contribution in [2.75, 3.05) is 13.2 Å². The van der Waals surface area contributed by atoms with Crippen LogP contribution < -0.4 is 10.1 Å². The Hall–Kier alpha value is -2.44. The molecule has 0 spiro atoms. The van der Waals surface area contributed by atoms with E-state index in [1.165, 1.54) is 11.1 Å². The summed E-state index contributed by atoms with van der Waals surface area (Å²) in [5, 5.41) is 3.53. The fourth-order valence-electron chi connectivity index (χ4n) is 7.79. The van der Waals surface area contributed by atoms with Crippen LogP contribution in [-0.4, -0.2) is 30.8 Å². The maximum Gasteiger partial charge on any atom is 0.340 e. The smallest absolute Gasteiger partial charge is 0.340 e. The molecule has 5 nitrogen and oxygen atoms in total. The van der Waals surface area contributed by atoms with Crippen molar-refractivity contribution in [1.82, 2.24) is 5.32 Å². The highest BCUT2D eigenvalue weighted by molar-refractivity contribution is 5.86. The first-order valence-corrected chi connectivity index (χ1v) is 16.5. The molecule has 0 amide bonds. The summed E-state index contributed by atoms with van der Waals surface area (Å²) in [6.45, 7) is 21.1. The van der Waals surface area contributed by atoms with Gasteiger partial charge in [-0.15, -0.1) is 0 Å². The van der Waals surface area contributed by atoms with Crippen LogP contribution in [-0.2, 0) is 33.7 Å². The van der Waals surface area contributed by atoms with E-state index >= 15 is 4.39 Å². The molecule has 5 rings (SSSR count). The fourth-order valence-corrected chi connectivity index (χ4v) is 7.79. The number of nitrogens with one attached hydrogen (secondary N) is 1. The van der Waals surface area contributed by atoms with Gasteiger partial charge in [-0.1, -0.05) is 27.2 Å². The Labute approximate surface area is 258 Å². The van der Waals surface area contributed by atoms with Crippen molar-refractivity contribution in [3.8, 4) is 16.9 Å². The molecule has 0 bridgehead atoms. The van der Waals surface area contributed by atoms with Gasteiger partial charge in [0.25, 0.3) is 0 Å². The van der Waals surface area contributed by atoms with Crippen molar-refractivity contribution in [2.24, 2.45) is 17.8 Å². The molecular weight excluding hydrogens is 541 g/mol. The molecule has 43 heavy (non-hydrogen) atoms. The van der Waals surface area contributed by atoms with E-state index in [0.29, 0.717) is 30.1 Å². The molecule has 3 aliphatic rings. The number of rotatable bonds is 6. The first kappa shape index (κ1) is 32.0. The Morgan fingerprint density at radius 2 is 1.79 bits per heavy atom. The second-order valence-corrected chi connectivity index (χ2v) is 14.6. The molecule has 1 fully saturated rings. The monoisotopic (exact) mass is 593 g/mol. The molecule has 1 N–H and O–H groups in total. The van der Waals surface area contributed by atoms with E-state index in [1.54, 1.807) is 6.07 Å². The van der Waals surface area contributed by atoms with Crippen LogP contribution in [0.25, 0.3) is 11.1 Å². The summed E-state index contributed by atoms with van der Waals surface area (Å²) in [4.78, 5) is 14.5. The maximum absolute atomic E-state index is 15.7. The number of carbonyl (C=O) groups is 1. The molecule has 0 radical (unpaired) electrons. The lowest BCUT2D eigenvalue weighted by molar-refractivity contribution is -0.178. The predicted molar refractivity (Wildman–Crippen MR) is 170 cm³/mol. The lowest BCUT2D eigenvalue weighted by Crippen LogP contribution is -2.39. The molecule has 4 atom stereocenters. The molecule has 3 unspecified atom stereocenters. The quantitative estimate of drug-likeness (QED) is 0.342. The van der Waals surface area contributed by atoms with Crippen LogP contribution >= 0.6 is 0 Å². The van der Waals surface area contributed by atoms with Gasteiger partial charge < -0.3 is 19.5 Å². The highest BCUT2D eigenvalue weighted by Gasteiger charge is 2.40. The Bertz CT molecular complexity index is 1370. The minimum Gasteiger partial charge on any atom is -0.490 e. The Balaban J connectivity index is 1.72. The van der Waals surface area contributed by atoms with Crippen LogP contribution in [0.4, 0.5) is 4.39 Å². The van der Waals surface area contributed by atoms with Crippen LogP contribution in [0.1, 0.15) is 112 Å². The number of hydrogen-bond donors (Lipinski definition) is 1.